The molecule has 24 heavy (non-hydrogen) atoms. The van der Waals surface area contributed by atoms with Crippen molar-refractivity contribution in [3.63, 3.8) is 0 Å². The first-order valence-electron chi connectivity index (χ1n) is 8.72. The van der Waals surface area contributed by atoms with Gasteiger partial charge in [-0.3, -0.25) is 4.98 Å². The van der Waals surface area contributed by atoms with Crippen LogP contribution in [-0.4, -0.2) is 37.8 Å². The van der Waals surface area contributed by atoms with Crippen molar-refractivity contribution < 1.29 is 8.42 Å². The molecule has 1 saturated carbocycles. The van der Waals surface area contributed by atoms with E-state index in [4.69, 9.17) is 0 Å². The summed E-state index contributed by atoms with van der Waals surface area (Å²) in [6.07, 6.45) is 7.71. The van der Waals surface area contributed by atoms with E-state index in [0.717, 1.165) is 61.0 Å². The third-order valence-electron chi connectivity index (χ3n) is 5.17. The molecule has 0 radical (unpaired) electrons. The van der Waals surface area contributed by atoms with Gasteiger partial charge in [0.05, 0.1) is 21.2 Å². The number of hydrogen-bond acceptors (Lipinski definition) is 5. The van der Waals surface area contributed by atoms with Gasteiger partial charge in [-0.2, -0.15) is 0 Å². The number of fused-ring (bicyclic) bond motifs is 1. The first-order valence-corrected chi connectivity index (χ1v) is 11.1. The van der Waals surface area contributed by atoms with Crippen molar-refractivity contribution in [2.75, 3.05) is 18.0 Å². The molecule has 1 atom stereocenters. The Kier molecular flexibility index (Phi) is 4.49. The number of sulfonamides is 1. The predicted octanol–water partition coefficient (Wildman–Crippen LogP) is 3.13. The first-order chi connectivity index (χ1) is 11.6. The van der Waals surface area contributed by atoms with Crippen molar-refractivity contribution in [2.24, 2.45) is 0 Å². The molecule has 0 bridgehead atoms. The second-order valence-corrected chi connectivity index (χ2v) is 9.73. The Bertz CT molecular complexity index is 812. The molecule has 0 amide bonds. The highest BCUT2D eigenvalue weighted by atomic mass is 32.2. The molecule has 4 rings (SSSR count). The molecule has 0 aromatic carbocycles. The Hall–Kier alpha value is -1.18. The number of thiophene rings is 1. The molecule has 1 unspecified atom stereocenters. The highest BCUT2D eigenvalue weighted by molar-refractivity contribution is 7.90. The molecular formula is C17H23N3O2S2. The van der Waals surface area contributed by atoms with E-state index in [1.165, 1.54) is 0 Å². The molecule has 5 nitrogen and oxygen atoms in total. The maximum Gasteiger partial charge on any atom is 0.216 e. The lowest BCUT2D eigenvalue weighted by Crippen LogP contribution is -2.48. The summed E-state index contributed by atoms with van der Waals surface area (Å²) in [5, 5.41) is 1.72. The van der Waals surface area contributed by atoms with E-state index in [1.807, 2.05) is 23.7 Å². The Morgan fingerprint density at radius 2 is 2.00 bits per heavy atom. The number of pyridine rings is 1. The Balaban J connectivity index is 1.54. The summed E-state index contributed by atoms with van der Waals surface area (Å²) in [5.41, 5.74) is 2.11. The number of rotatable bonds is 4. The fourth-order valence-corrected chi connectivity index (χ4v) is 6.53. The van der Waals surface area contributed by atoms with Crippen molar-refractivity contribution >= 4 is 37.3 Å². The van der Waals surface area contributed by atoms with Gasteiger partial charge in [0.25, 0.3) is 0 Å². The monoisotopic (exact) mass is 365 g/mol. The lowest BCUT2D eigenvalue weighted by atomic mass is 10.1. The minimum Gasteiger partial charge on any atom is -0.369 e. The summed E-state index contributed by atoms with van der Waals surface area (Å²) in [4.78, 5) is 6.61. The summed E-state index contributed by atoms with van der Waals surface area (Å²) in [7, 11) is -3.25. The van der Waals surface area contributed by atoms with E-state index in [2.05, 4.69) is 14.6 Å². The van der Waals surface area contributed by atoms with E-state index < -0.39 is 10.0 Å². The fourth-order valence-electron chi connectivity index (χ4n) is 3.89. The van der Waals surface area contributed by atoms with Gasteiger partial charge in [0.2, 0.25) is 10.0 Å². The molecule has 2 aromatic heterocycles. The molecule has 0 spiro atoms. The van der Waals surface area contributed by atoms with E-state index in [9.17, 15) is 8.42 Å². The smallest absolute Gasteiger partial charge is 0.216 e. The maximum absolute atomic E-state index is 12.8. The third-order valence-corrected chi connectivity index (χ3v) is 8.02. The Morgan fingerprint density at radius 3 is 2.83 bits per heavy atom. The molecule has 2 fully saturated rings. The van der Waals surface area contributed by atoms with Gasteiger partial charge < -0.3 is 4.90 Å². The lowest BCUT2D eigenvalue weighted by molar-refractivity contribution is 0.506. The van der Waals surface area contributed by atoms with Gasteiger partial charge in [-0.15, -0.1) is 11.3 Å². The van der Waals surface area contributed by atoms with Gasteiger partial charge in [0.15, 0.2) is 0 Å². The minimum atomic E-state index is -3.25. The second kappa shape index (κ2) is 6.61. The molecular weight excluding hydrogens is 342 g/mol. The number of hydrogen-bond donors (Lipinski definition) is 1. The van der Waals surface area contributed by atoms with E-state index >= 15 is 0 Å². The molecule has 7 heteroatoms. The summed E-state index contributed by atoms with van der Waals surface area (Å²) < 4.78 is 29.7. The predicted molar refractivity (Wildman–Crippen MR) is 99.2 cm³/mol. The number of aromatic nitrogens is 1. The first kappa shape index (κ1) is 16.3. The minimum absolute atomic E-state index is 0.148. The quantitative estimate of drug-likeness (QED) is 0.904. The molecule has 1 aliphatic heterocycles. The SMILES string of the molecule is O=S(=O)(NC1CCCC1)C1CCCN(c2ccnc3ccsc23)C1. The van der Waals surface area contributed by atoms with Crippen molar-refractivity contribution in [1.82, 2.24) is 9.71 Å². The number of nitrogens with zero attached hydrogens (tertiary/aromatic N) is 2. The molecule has 2 aliphatic rings. The van der Waals surface area contributed by atoms with Crippen LogP contribution in [0.5, 0.6) is 0 Å². The van der Waals surface area contributed by atoms with Crippen LogP contribution in [0.1, 0.15) is 38.5 Å². The summed E-state index contributed by atoms with van der Waals surface area (Å²) >= 11 is 1.67. The van der Waals surface area contributed by atoms with E-state index in [0.29, 0.717) is 6.54 Å². The van der Waals surface area contributed by atoms with E-state index in [1.54, 1.807) is 11.3 Å². The number of anilines is 1. The van der Waals surface area contributed by atoms with Crippen LogP contribution in [0.15, 0.2) is 23.7 Å². The zero-order chi connectivity index (χ0) is 16.6. The van der Waals surface area contributed by atoms with Crippen LogP contribution in [0.2, 0.25) is 0 Å². The Labute approximate surface area is 147 Å². The van der Waals surface area contributed by atoms with Crippen LogP contribution in [0.25, 0.3) is 10.2 Å². The highest BCUT2D eigenvalue weighted by Gasteiger charge is 2.33. The van der Waals surface area contributed by atoms with Crippen LogP contribution >= 0.6 is 11.3 Å². The van der Waals surface area contributed by atoms with Crippen molar-refractivity contribution in [3.05, 3.63) is 23.7 Å². The zero-order valence-electron chi connectivity index (χ0n) is 13.6. The summed E-state index contributed by atoms with van der Waals surface area (Å²) in [6.45, 7) is 1.48. The van der Waals surface area contributed by atoms with Crippen molar-refractivity contribution in [2.45, 2.75) is 49.8 Å². The summed E-state index contributed by atoms with van der Waals surface area (Å²) in [6, 6.07) is 4.18. The van der Waals surface area contributed by atoms with Crippen molar-refractivity contribution in [1.29, 1.82) is 0 Å². The number of nitrogens with one attached hydrogen (secondary N) is 1. The van der Waals surface area contributed by atoms with Crippen LogP contribution in [-0.2, 0) is 10.0 Å². The molecule has 1 aliphatic carbocycles. The Morgan fingerprint density at radius 1 is 1.17 bits per heavy atom. The van der Waals surface area contributed by atoms with Gasteiger partial charge in [-0.05, 0) is 43.2 Å². The zero-order valence-corrected chi connectivity index (χ0v) is 15.3. The highest BCUT2D eigenvalue weighted by Crippen LogP contribution is 2.32. The standard InChI is InChI=1S/C17H23N3O2S2/c21-24(22,19-13-4-1-2-5-13)14-6-3-10-20(12-14)16-7-9-18-15-8-11-23-17(15)16/h7-9,11,13-14,19H,1-6,10,12H2. The van der Waals surface area contributed by atoms with Crippen LogP contribution < -0.4 is 9.62 Å². The third kappa shape index (κ3) is 3.17. The molecule has 1 N–H and O–H groups in total. The molecule has 130 valence electrons. The molecule has 3 heterocycles. The number of piperidine rings is 1. The van der Waals surface area contributed by atoms with Gasteiger partial charge >= 0.3 is 0 Å². The van der Waals surface area contributed by atoms with Gasteiger partial charge in [-0.25, -0.2) is 13.1 Å². The van der Waals surface area contributed by atoms with Gasteiger partial charge in [0.1, 0.15) is 0 Å². The van der Waals surface area contributed by atoms with E-state index in [-0.39, 0.29) is 11.3 Å². The van der Waals surface area contributed by atoms with Gasteiger partial charge in [0, 0.05) is 25.3 Å². The topological polar surface area (TPSA) is 62.3 Å². The average molecular weight is 366 g/mol. The maximum atomic E-state index is 12.8. The lowest BCUT2D eigenvalue weighted by Gasteiger charge is -2.34. The largest absolute Gasteiger partial charge is 0.369 e. The second-order valence-electron chi connectivity index (χ2n) is 6.82. The molecule has 2 aromatic rings. The summed E-state index contributed by atoms with van der Waals surface area (Å²) in [5.74, 6) is 0. The normalized spacial score (nSPS) is 23.2. The molecule has 1 saturated heterocycles. The fraction of sp³-hybridized carbons (Fsp3) is 0.588. The van der Waals surface area contributed by atoms with Crippen LogP contribution in [0, 0.1) is 0 Å². The van der Waals surface area contributed by atoms with Gasteiger partial charge in [-0.1, -0.05) is 12.8 Å². The van der Waals surface area contributed by atoms with Crippen LogP contribution in [0.3, 0.4) is 0 Å². The van der Waals surface area contributed by atoms with Crippen molar-refractivity contribution in [3.8, 4) is 0 Å². The van der Waals surface area contributed by atoms with Crippen LogP contribution in [0.4, 0.5) is 5.69 Å². The average Bonchev–Trinajstić information content (AvgIpc) is 3.25.